The summed E-state index contributed by atoms with van der Waals surface area (Å²) in [5, 5.41) is 14.4. The van der Waals surface area contributed by atoms with Gasteiger partial charge in [0.05, 0.1) is 42.3 Å². The van der Waals surface area contributed by atoms with Gasteiger partial charge in [0.25, 0.3) is 0 Å². The van der Waals surface area contributed by atoms with Gasteiger partial charge in [-0.2, -0.15) is 5.11 Å². The van der Waals surface area contributed by atoms with Crippen LogP contribution in [0.3, 0.4) is 0 Å². The third-order valence-corrected chi connectivity index (χ3v) is 9.67. The Morgan fingerprint density at radius 2 is 1.10 bits per heavy atom. The zero-order valence-corrected chi connectivity index (χ0v) is 35.1. The molecule has 0 atom stereocenters. The van der Waals surface area contributed by atoms with E-state index in [1.54, 1.807) is 91.9 Å². The summed E-state index contributed by atoms with van der Waals surface area (Å²) in [5.74, 6) is 1.02. The number of nitrogens with zero attached hydrogens (tertiary/aromatic N) is 2. The van der Waals surface area contributed by atoms with Crippen molar-refractivity contribution in [3.63, 3.8) is 0 Å². The summed E-state index contributed by atoms with van der Waals surface area (Å²) in [6, 6.07) is 39.9. The summed E-state index contributed by atoms with van der Waals surface area (Å²) in [5.41, 5.74) is 4.46. The molecule has 11 heteroatoms. The molecular weight excluding hydrogens is 783 g/mol. The fourth-order valence-corrected chi connectivity index (χ4v) is 6.17. The molecule has 0 aromatic heterocycles. The highest BCUT2D eigenvalue weighted by molar-refractivity contribution is 6.01. The first-order valence-corrected chi connectivity index (χ1v) is 20.8. The van der Waals surface area contributed by atoms with Crippen LogP contribution in [0.4, 0.5) is 17.1 Å². The quantitative estimate of drug-likeness (QED) is 0.0233. The highest BCUT2D eigenvalue weighted by Crippen LogP contribution is 2.33. The van der Waals surface area contributed by atoms with E-state index in [4.69, 9.17) is 23.7 Å². The predicted octanol–water partition coefficient (Wildman–Crippen LogP) is 12.5. The highest BCUT2D eigenvalue weighted by atomic mass is 16.5. The lowest BCUT2D eigenvalue weighted by molar-refractivity contribution is -0.139. The monoisotopic (exact) mass is 833 g/mol. The third kappa shape index (κ3) is 13.4. The molecule has 0 bridgehead atoms. The van der Waals surface area contributed by atoms with E-state index in [1.807, 2.05) is 48.5 Å². The molecule has 6 rings (SSSR count). The summed E-state index contributed by atoms with van der Waals surface area (Å²) in [6.07, 6.45) is 5.60. The number of ether oxygens (including phenoxy) is 5. The molecule has 0 radical (unpaired) electrons. The van der Waals surface area contributed by atoms with Crippen molar-refractivity contribution >= 4 is 45.7 Å². The zero-order chi connectivity index (χ0) is 43.5. The number of hydrogen-bond donors (Lipinski definition) is 1. The Morgan fingerprint density at radius 3 is 1.71 bits per heavy atom. The highest BCUT2D eigenvalue weighted by Gasteiger charge is 2.12. The molecule has 0 aliphatic carbocycles. The first kappa shape index (κ1) is 44.3. The molecule has 0 unspecified atom stereocenters. The largest absolute Gasteiger partial charge is 0.494 e. The number of fused-ring (bicyclic) bond motifs is 1. The van der Waals surface area contributed by atoms with Crippen LogP contribution >= 0.6 is 0 Å². The Bertz CT molecular complexity index is 2450. The molecular formula is C51H51N3O8. The number of nitrogens with one attached hydrogen (secondary N) is 1. The van der Waals surface area contributed by atoms with Gasteiger partial charge in [0, 0.05) is 28.6 Å². The van der Waals surface area contributed by atoms with Crippen LogP contribution in [0.2, 0.25) is 0 Å². The smallest absolute Gasteiger partial charge is 0.343 e. The van der Waals surface area contributed by atoms with E-state index < -0.39 is 11.9 Å². The molecule has 6 aromatic carbocycles. The van der Waals surface area contributed by atoms with Gasteiger partial charge in [0.1, 0.15) is 23.0 Å². The van der Waals surface area contributed by atoms with Crippen LogP contribution in [0.15, 0.2) is 156 Å². The van der Waals surface area contributed by atoms with Crippen LogP contribution in [0, 0.1) is 0 Å². The Balaban J connectivity index is 0.948. The second-order valence-corrected chi connectivity index (χ2v) is 14.6. The van der Waals surface area contributed by atoms with Crippen molar-refractivity contribution in [3.8, 4) is 23.0 Å². The van der Waals surface area contributed by atoms with E-state index >= 15 is 0 Å². The standard InChI is InChI=1S/C51H51N3O8/c1-4-5-32-58-42-26-28-44(29-27-42)62-50(56)38-16-20-40(21-17-38)53-54-48-31-30-47(45-12-8-9-13-46(45)48)52-35-37-14-22-43(23-15-37)61-51(57)39-18-24-41(25-19-39)59-33-10-6-7-11-34-60-49(55)36(2)3/h8-9,12-31,52H,2,4-7,10-11,32-35H2,1,3H3. The maximum atomic E-state index is 12.8. The third-order valence-electron chi connectivity index (χ3n) is 9.67. The first-order valence-electron chi connectivity index (χ1n) is 20.8. The molecule has 1 N–H and O–H groups in total. The summed E-state index contributed by atoms with van der Waals surface area (Å²) >= 11 is 0. The molecule has 0 fully saturated rings. The van der Waals surface area contributed by atoms with Gasteiger partial charge >= 0.3 is 17.9 Å². The van der Waals surface area contributed by atoms with Gasteiger partial charge in [-0.05, 0) is 142 Å². The Labute approximate surface area is 362 Å². The number of carbonyl (C=O) groups excluding carboxylic acids is 3. The Kier molecular flexibility index (Phi) is 16.4. The molecule has 0 saturated heterocycles. The molecule has 0 spiro atoms. The molecule has 318 valence electrons. The van der Waals surface area contributed by atoms with E-state index in [2.05, 4.69) is 29.0 Å². The van der Waals surface area contributed by atoms with Crippen molar-refractivity contribution in [3.05, 3.63) is 162 Å². The van der Waals surface area contributed by atoms with Crippen molar-refractivity contribution in [2.75, 3.05) is 25.1 Å². The van der Waals surface area contributed by atoms with Crippen LogP contribution < -0.4 is 24.3 Å². The van der Waals surface area contributed by atoms with E-state index in [0.29, 0.717) is 71.7 Å². The number of rotatable bonds is 22. The van der Waals surface area contributed by atoms with Crippen molar-refractivity contribution < 1.29 is 38.1 Å². The van der Waals surface area contributed by atoms with Crippen molar-refractivity contribution in [2.45, 2.75) is 58.9 Å². The lowest BCUT2D eigenvalue weighted by Crippen LogP contribution is -2.08. The second kappa shape index (κ2) is 22.9. The first-order chi connectivity index (χ1) is 30.2. The lowest BCUT2D eigenvalue weighted by atomic mass is 10.1. The van der Waals surface area contributed by atoms with Gasteiger partial charge in [-0.1, -0.05) is 56.3 Å². The molecule has 0 aliphatic rings. The minimum absolute atomic E-state index is 0.352. The number of azo groups is 1. The van der Waals surface area contributed by atoms with Gasteiger partial charge in [-0.25, -0.2) is 14.4 Å². The normalized spacial score (nSPS) is 10.9. The molecule has 6 aromatic rings. The molecule has 0 saturated carbocycles. The number of hydrogen-bond acceptors (Lipinski definition) is 11. The average molecular weight is 834 g/mol. The fraction of sp³-hybridized carbons (Fsp3) is 0.235. The van der Waals surface area contributed by atoms with Crippen LogP contribution in [-0.2, 0) is 16.1 Å². The number of unbranched alkanes of at least 4 members (excludes halogenated alkanes) is 4. The van der Waals surface area contributed by atoms with Gasteiger partial charge in [-0.3, -0.25) is 0 Å². The summed E-state index contributed by atoms with van der Waals surface area (Å²) < 4.78 is 27.8. The van der Waals surface area contributed by atoms with Gasteiger partial charge in [0.2, 0.25) is 0 Å². The second-order valence-electron chi connectivity index (χ2n) is 14.6. The fourth-order valence-electron chi connectivity index (χ4n) is 6.17. The zero-order valence-electron chi connectivity index (χ0n) is 35.1. The molecule has 11 nitrogen and oxygen atoms in total. The summed E-state index contributed by atoms with van der Waals surface area (Å²) in [7, 11) is 0. The minimum atomic E-state index is -0.468. The topological polar surface area (TPSA) is 134 Å². The molecule has 0 amide bonds. The maximum Gasteiger partial charge on any atom is 0.343 e. The SMILES string of the molecule is C=C(C)C(=O)OCCCCCCOc1ccc(C(=O)Oc2ccc(CNc3ccc(N=Nc4ccc(C(=O)Oc5ccc(OCCCC)cc5)cc4)c4ccccc34)cc2)cc1. The van der Waals surface area contributed by atoms with Crippen molar-refractivity contribution in [2.24, 2.45) is 10.2 Å². The van der Waals surface area contributed by atoms with Gasteiger partial charge in [-0.15, -0.1) is 5.11 Å². The van der Waals surface area contributed by atoms with E-state index in [9.17, 15) is 14.4 Å². The Hall–Kier alpha value is -7.27. The van der Waals surface area contributed by atoms with Crippen LogP contribution in [-0.4, -0.2) is 37.7 Å². The van der Waals surface area contributed by atoms with Crippen molar-refractivity contribution in [1.29, 1.82) is 0 Å². The van der Waals surface area contributed by atoms with Crippen molar-refractivity contribution in [1.82, 2.24) is 0 Å². The minimum Gasteiger partial charge on any atom is -0.494 e. The van der Waals surface area contributed by atoms with Crippen LogP contribution in [0.5, 0.6) is 23.0 Å². The summed E-state index contributed by atoms with van der Waals surface area (Å²) in [6.45, 7) is 9.46. The number of benzene rings is 6. The maximum absolute atomic E-state index is 12.8. The van der Waals surface area contributed by atoms with Crippen LogP contribution in [0.1, 0.15) is 78.7 Å². The van der Waals surface area contributed by atoms with Crippen LogP contribution in [0.25, 0.3) is 10.8 Å². The molecule has 0 aliphatic heterocycles. The Morgan fingerprint density at radius 1 is 0.565 bits per heavy atom. The van der Waals surface area contributed by atoms with E-state index in [-0.39, 0.29) is 5.97 Å². The molecule has 0 heterocycles. The number of anilines is 1. The van der Waals surface area contributed by atoms with Gasteiger partial charge in [0.15, 0.2) is 0 Å². The predicted molar refractivity (Wildman–Crippen MR) is 241 cm³/mol. The van der Waals surface area contributed by atoms with E-state index in [0.717, 1.165) is 66.3 Å². The average Bonchev–Trinajstić information content (AvgIpc) is 3.30. The van der Waals surface area contributed by atoms with Gasteiger partial charge < -0.3 is 29.0 Å². The van der Waals surface area contributed by atoms with E-state index in [1.165, 1.54) is 0 Å². The summed E-state index contributed by atoms with van der Waals surface area (Å²) in [4.78, 5) is 37.0. The lowest BCUT2D eigenvalue weighted by Gasteiger charge is -2.12. The number of esters is 3. The number of carbonyl (C=O) groups is 3. The molecule has 62 heavy (non-hydrogen) atoms.